The van der Waals surface area contributed by atoms with Gasteiger partial charge in [0, 0.05) is 5.92 Å². The van der Waals surface area contributed by atoms with Crippen LogP contribution >= 0.6 is 45.2 Å². The highest BCUT2D eigenvalue weighted by Gasteiger charge is 2.22. The van der Waals surface area contributed by atoms with Crippen LogP contribution in [0.5, 0.6) is 5.75 Å². The summed E-state index contributed by atoms with van der Waals surface area (Å²) in [6, 6.07) is 11.5. The van der Waals surface area contributed by atoms with Crippen molar-refractivity contribution in [2.24, 2.45) is 5.10 Å². The Morgan fingerprint density at radius 2 is 1.83 bits per heavy atom. The van der Waals surface area contributed by atoms with Gasteiger partial charge in [-0.15, -0.1) is 0 Å². The standard InChI is InChI=1S/C22H21I2N3O2/c1-29-20-17(23)11-14(12-18(20)24)13-25-27-21(15-7-3-2-4-8-15)26-19-10-6-5-9-16(19)22(27)28/h5-6,9-13,15H,2-4,7-8H2,1H3. The van der Waals surface area contributed by atoms with Crippen molar-refractivity contribution in [3.63, 3.8) is 0 Å². The minimum Gasteiger partial charge on any atom is -0.495 e. The lowest BCUT2D eigenvalue weighted by atomic mass is 9.88. The number of nitrogens with zero attached hydrogens (tertiary/aromatic N) is 3. The molecule has 1 heterocycles. The lowest BCUT2D eigenvalue weighted by molar-refractivity contribution is 0.409. The topological polar surface area (TPSA) is 56.5 Å². The summed E-state index contributed by atoms with van der Waals surface area (Å²) in [5.41, 5.74) is 1.57. The minimum atomic E-state index is -0.106. The maximum Gasteiger partial charge on any atom is 0.282 e. The highest BCUT2D eigenvalue weighted by Crippen LogP contribution is 2.32. The Morgan fingerprint density at radius 1 is 1.14 bits per heavy atom. The molecular formula is C22H21I2N3O2. The van der Waals surface area contributed by atoms with Crippen LogP contribution in [0.3, 0.4) is 0 Å². The van der Waals surface area contributed by atoms with E-state index in [0.29, 0.717) is 5.39 Å². The lowest BCUT2D eigenvalue weighted by Gasteiger charge is -2.22. The second-order valence-electron chi connectivity index (χ2n) is 7.20. The van der Waals surface area contributed by atoms with E-state index in [0.717, 1.165) is 42.6 Å². The normalized spacial score (nSPS) is 15.3. The van der Waals surface area contributed by atoms with Crippen molar-refractivity contribution in [1.82, 2.24) is 9.66 Å². The maximum atomic E-state index is 13.2. The average molecular weight is 613 g/mol. The molecule has 1 saturated carbocycles. The Bertz CT molecular complexity index is 1110. The fraction of sp³-hybridized carbons (Fsp3) is 0.318. The van der Waals surface area contributed by atoms with E-state index in [9.17, 15) is 4.79 Å². The van der Waals surface area contributed by atoms with Crippen LogP contribution in [0.2, 0.25) is 0 Å². The largest absolute Gasteiger partial charge is 0.495 e. The van der Waals surface area contributed by atoms with E-state index in [2.05, 4.69) is 50.3 Å². The molecule has 7 heteroatoms. The number of ether oxygens (including phenoxy) is 1. The molecule has 5 nitrogen and oxygen atoms in total. The summed E-state index contributed by atoms with van der Waals surface area (Å²) in [5.74, 6) is 1.91. The molecule has 0 radical (unpaired) electrons. The molecule has 0 spiro atoms. The summed E-state index contributed by atoms with van der Waals surface area (Å²) in [5, 5.41) is 5.21. The van der Waals surface area contributed by atoms with Crippen molar-refractivity contribution >= 4 is 62.3 Å². The Kier molecular flexibility index (Phi) is 6.53. The molecule has 1 aromatic heterocycles. The first-order chi connectivity index (χ1) is 14.1. The van der Waals surface area contributed by atoms with E-state index in [1.165, 1.54) is 23.9 Å². The molecule has 0 N–H and O–H groups in total. The molecule has 3 aromatic rings. The van der Waals surface area contributed by atoms with Gasteiger partial charge in [0.1, 0.15) is 11.6 Å². The predicted molar refractivity (Wildman–Crippen MR) is 133 cm³/mol. The summed E-state index contributed by atoms with van der Waals surface area (Å²) < 4.78 is 8.97. The third kappa shape index (κ3) is 4.35. The number of fused-ring (bicyclic) bond motifs is 1. The summed E-state index contributed by atoms with van der Waals surface area (Å²) in [7, 11) is 1.67. The molecule has 2 aromatic carbocycles. The van der Waals surface area contributed by atoms with Gasteiger partial charge >= 0.3 is 0 Å². The van der Waals surface area contributed by atoms with Crippen molar-refractivity contribution in [2.45, 2.75) is 38.0 Å². The van der Waals surface area contributed by atoms with Crippen molar-refractivity contribution < 1.29 is 4.74 Å². The molecular weight excluding hydrogens is 592 g/mol. The molecule has 1 fully saturated rings. The van der Waals surface area contributed by atoms with Gasteiger partial charge in [-0.3, -0.25) is 4.79 Å². The van der Waals surface area contributed by atoms with Crippen molar-refractivity contribution in [1.29, 1.82) is 0 Å². The molecule has 1 aliphatic rings. The second kappa shape index (κ2) is 9.11. The molecule has 0 aliphatic heterocycles. The molecule has 0 amide bonds. The summed E-state index contributed by atoms with van der Waals surface area (Å²) in [6.07, 6.45) is 7.45. The lowest BCUT2D eigenvalue weighted by Crippen LogP contribution is -2.25. The first-order valence-electron chi connectivity index (χ1n) is 9.67. The fourth-order valence-corrected chi connectivity index (χ4v) is 6.11. The van der Waals surface area contributed by atoms with Crippen molar-refractivity contribution in [3.05, 3.63) is 65.3 Å². The summed E-state index contributed by atoms with van der Waals surface area (Å²) in [6.45, 7) is 0. The van der Waals surface area contributed by atoms with Crippen LogP contribution in [0, 0.1) is 7.14 Å². The van der Waals surface area contributed by atoms with Crippen LogP contribution in [-0.2, 0) is 0 Å². The van der Waals surface area contributed by atoms with E-state index in [-0.39, 0.29) is 11.5 Å². The number of aromatic nitrogens is 2. The van der Waals surface area contributed by atoms with Crippen molar-refractivity contribution in [2.75, 3.05) is 7.11 Å². The molecule has 0 atom stereocenters. The summed E-state index contributed by atoms with van der Waals surface area (Å²) in [4.78, 5) is 18.1. The molecule has 0 saturated heterocycles. The molecule has 1 aliphatic carbocycles. The number of hydrogen-bond acceptors (Lipinski definition) is 4. The number of methoxy groups -OCH3 is 1. The zero-order valence-electron chi connectivity index (χ0n) is 16.1. The van der Waals surface area contributed by atoms with Crippen LogP contribution in [0.4, 0.5) is 0 Å². The molecule has 0 unspecified atom stereocenters. The van der Waals surface area contributed by atoms with Gasteiger partial charge in [0.05, 0.1) is 31.4 Å². The van der Waals surface area contributed by atoms with Gasteiger partial charge < -0.3 is 4.74 Å². The van der Waals surface area contributed by atoms with Gasteiger partial charge in [0.2, 0.25) is 0 Å². The Hall–Kier alpha value is -1.49. The predicted octanol–water partition coefficient (Wildman–Crippen LogP) is 5.54. The molecule has 4 rings (SSSR count). The van der Waals surface area contributed by atoms with Gasteiger partial charge in [0.25, 0.3) is 5.56 Å². The van der Waals surface area contributed by atoms with Crippen LogP contribution < -0.4 is 10.3 Å². The fourth-order valence-electron chi connectivity index (χ4n) is 3.85. The van der Waals surface area contributed by atoms with Gasteiger partial charge in [-0.2, -0.15) is 9.78 Å². The first kappa shape index (κ1) is 20.8. The van der Waals surface area contributed by atoms with Crippen LogP contribution in [0.1, 0.15) is 49.4 Å². The maximum absolute atomic E-state index is 13.2. The number of halogens is 2. The third-order valence-electron chi connectivity index (χ3n) is 5.30. The average Bonchev–Trinajstić information content (AvgIpc) is 2.73. The minimum absolute atomic E-state index is 0.106. The van der Waals surface area contributed by atoms with Crippen molar-refractivity contribution in [3.8, 4) is 5.75 Å². The highest BCUT2D eigenvalue weighted by molar-refractivity contribution is 14.1. The Balaban J connectivity index is 1.82. The quantitative estimate of drug-likeness (QED) is 0.287. The van der Waals surface area contributed by atoms with Crippen LogP contribution in [-0.4, -0.2) is 23.0 Å². The monoisotopic (exact) mass is 613 g/mol. The smallest absolute Gasteiger partial charge is 0.282 e. The number of rotatable bonds is 4. The highest BCUT2D eigenvalue weighted by atomic mass is 127. The third-order valence-corrected chi connectivity index (χ3v) is 6.90. The van der Waals surface area contributed by atoms with Crippen LogP contribution in [0.15, 0.2) is 46.3 Å². The number of para-hydroxylation sites is 1. The van der Waals surface area contributed by atoms with Gasteiger partial charge in [-0.25, -0.2) is 4.98 Å². The van der Waals surface area contributed by atoms with Gasteiger partial charge in [0.15, 0.2) is 0 Å². The Morgan fingerprint density at radius 3 is 2.52 bits per heavy atom. The second-order valence-corrected chi connectivity index (χ2v) is 9.53. The van der Waals surface area contributed by atoms with Gasteiger partial charge in [-0.1, -0.05) is 31.4 Å². The molecule has 29 heavy (non-hydrogen) atoms. The van der Waals surface area contributed by atoms with Gasteiger partial charge in [-0.05, 0) is 87.9 Å². The molecule has 0 bridgehead atoms. The molecule has 150 valence electrons. The van der Waals surface area contributed by atoms with E-state index in [1.54, 1.807) is 13.3 Å². The summed E-state index contributed by atoms with van der Waals surface area (Å²) >= 11 is 4.51. The SMILES string of the molecule is COc1c(I)cc(C=Nn2c(C3CCCCC3)nc3ccccc3c2=O)cc1I. The zero-order chi connectivity index (χ0) is 20.4. The first-order valence-corrected chi connectivity index (χ1v) is 11.8. The van der Waals surface area contributed by atoms with E-state index in [1.807, 2.05) is 36.4 Å². The van der Waals surface area contributed by atoms with Crippen LogP contribution in [0.25, 0.3) is 10.9 Å². The van der Waals surface area contributed by atoms with E-state index in [4.69, 9.17) is 9.72 Å². The number of hydrogen-bond donors (Lipinski definition) is 0. The van der Waals surface area contributed by atoms with E-state index < -0.39 is 0 Å². The van der Waals surface area contributed by atoms with E-state index >= 15 is 0 Å². The Labute approximate surface area is 196 Å². The number of benzene rings is 2. The zero-order valence-corrected chi connectivity index (χ0v) is 20.4.